The van der Waals surface area contributed by atoms with E-state index in [2.05, 4.69) is 6.92 Å². The van der Waals surface area contributed by atoms with Crippen molar-refractivity contribution in [1.82, 2.24) is 0 Å². The summed E-state index contributed by atoms with van der Waals surface area (Å²) >= 11 is 6.17. The van der Waals surface area contributed by atoms with E-state index in [0.29, 0.717) is 6.42 Å². The molecule has 100 valence electrons. The summed E-state index contributed by atoms with van der Waals surface area (Å²) in [6, 6.07) is 9.60. The maximum atomic E-state index is 11.9. The molecule has 1 atom stereocenters. The number of rotatable bonds is 9. The second kappa shape index (κ2) is 9.16. The van der Waals surface area contributed by atoms with Crippen molar-refractivity contribution in [2.24, 2.45) is 0 Å². The third-order valence-corrected chi connectivity index (χ3v) is 3.65. The number of hydrogen-bond donors (Lipinski definition) is 0. The molecule has 1 aromatic rings. The minimum Gasteiger partial charge on any atom is -0.298 e. The van der Waals surface area contributed by atoms with Crippen molar-refractivity contribution in [2.75, 3.05) is 0 Å². The SMILES string of the molecule is CCCCCCCCC(=O)C(Cl)c1ccccc1. The van der Waals surface area contributed by atoms with Gasteiger partial charge in [-0.05, 0) is 12.0 Å². The van der Waals surface area contributed by atoms with E-state index >= 15 is 0 Å². The van der Waals surface area contributed by atoms with Crippen LogP contribution in [0.1, 0.15) is 62.8 Å². The zero-order chi connectivity index (χ0) is 13.2. The monoisotopic (exact) mass is 266 g/mol. The Morgan fingerprint density at radius 3 is 2.33 bits per heavy atom. The zero-order valence-corrected chi connectivity index (χ0v) is 12.0. The first-order chi connectivity index (χ1) is 8.75. The van der Waals surface area contributed by atoms with Gasteiger partial charge in [-0.2, -0.15) is 0 Å². The fourth-order valence-electron chi connectivity index (χ4n) is 2.01. The van der Waals surface area contributed by atoms with Crippen molar-refractivity contribution in [3.05, 3.63) is 35.9 Å². The van der Waals surface area contributed by atoms with Gasteiger partial charge < -0.3 is 0 Å². The number of halogens is 1. The molecule has 0 aliphatic heterocycles. The molecule has 0 amide bonds. The summed E-state index contributed by atoms with van der Waals surface area (Å²) in [5.41, 5.74) is 0.912. The van der Waals surface area contributed by atoms with Crippen LogP contribution < -0.4 is 0 Å². The number of Topliss-reactive ketones (excluding diaryl/α,β-unsaturated/α-hetero) is 1. The molecular formula is C16H23ClO. The molecule has 0 spiro atoms. The largest absolute Gasteiger partial charge is 0.298 e. The van der Waals surface area contributed by atoms with Crippen molar-refractivity contribution in [3.63, 3.8) is 0 Å². The van der Waals surface area contributed by atoms with Crippen LogP contribution in [0.15, 0.2) is 30.3 Å². The Morgan fingerprint density at radius 1 is 1.06 bits per heavy atom. The molecule has 18 heavy (non-hydrogen) atoms. The van der Waals surface area contributed by atoms with E-state index < -0.39 is 5.38 Å². The lowest BCUT2D eigenvalue weighted by molar-refractivity contribution is -0.118. The van der Waals surface area contributed by atoms with Gasteiger partial charge in [0.15, 0.2) is 5.78 Å². The van der Waals surface area contributed by atoms with E-state index in [4.69, 9.17) is 11.6 Å². The third kappa shape index (κ3) is 5.68. The van der Waals surface area contributed by atoms with E-state index in [9.17, 15) is 4.79 Å². The predicted octanol–water partition coefficient (Wildman–Crippen LogP) is 5.29. The van der Waals surface area contributed by atoms with E-state index in [1.165, 1.54) is 25.7 Å². The highest BCUT2D eigenvalue weighted by atomic mass is 35.5. The van der Waals surface area contributed by atoms with Gasteiger partial charge in [0.2, 0.25) is 0 Å². The molecule has 0 N–H and O–H groups in total. The first-order valence-electron chi connectivity index (χ1n) is 6.97. The van der Waals surface area contributed by atoms with Crippen LogP contribution in [0, 0.1) is 0 Å². The van der Waals surface area contributed by atoms with Crippen LogP contribution in [0.4, 0.5) is 0 Å². The quantitative estimate of drug-likeness (QED) is 0.439. The predicted molar refractivity (Wildman–Crippen MR) is 78.0 cm³/mol. The van der Waals surface area contributed by atoms with Crippen molar-refractivity contribution in [3.8, 4) is 0 Å². The molecule has 0 aliphatic rings. The van der Waals surface area contributed by atoms with Gasteiger partial charge in [-0.1, -0.05) is 69.4 Å². The molecule has 0 fully saturated rings. The highest BCUT2D eigenvalue weighted by Gasteiger charge is 2.16. The Morgan fingerprint density at radius 2 is 1.67 bits per heavy atom. The van der Waals surface area contributed by atoms with Gasteiger partial charge in [0.05, 0.1) is 0 Å². The maximum absolute atomic E-state index is 11.9. The van der Waals surface area contributed by atoms with E-state index in [-0.39, 0.29) is 5.78 Å². The van der Waals surface area contributed by atoms with E-state index in [1.807, 2.05) is 30.3 Å². The summed E-state index contributed by atoms with van der Waals surface area (Å²) in [6.45, 7) is 2.21. The number of benzene rings is 1. The van der Waals surface area contributed by atoms with Crippen LogP contribution in [-0.4, -0.2) is 5.78 Å². The molecule has 0 saturated heterocycles. The smallest absolute Gasteiger partial charge is 0.155 e. The Labute approximate surface area is 116 Å². The van der Waals surface area contributed by atoms with Gasteiger partial charge in [-0.15, -0.1) is 11.6 Å². The van der Waals surface area contributed by atoms with Crippen LogP contribution in [-0.2, 0) is 4.79 Å². The molecule has 0 saturated carbocycles. The Bertz CT molecular complexity index is 334. The average molecular weight is 267 g/mol. The molecule has 0 aliphatic carbocycles. The minimum absolute atomic E-state index is 0.151. The lowest BCUT2D eigenvalue weighted by Gasteiger charge is -2.08. The van der Waals surface area contributed by atoms with Gasteiger partial charge >= 0.3 is 0 Å². The molecule has 0 heterocycles. The number of carbonyl (C=O) groups excluding carboxylic acids is 1. The van der Waals surface area contributed by atoms with Crippen molar-refractivity contribution in [2.45, 2.75) is 57.2 Å². The molecule has 1 unspecified atom stereocenters. The van der Waals surface area contributed by atoms with Crippen LogP contribution in [0.2, 0.25) is 0 Å². The standard InChI is InChI=1S/C16H23ClO/c1-2-3-4-5-6-10-13-15(18)16(17)14-11-8-7-9-12-14/h7-9,11-12,16H,2-6,10,13H2,1H3. The number of hydrogen-bond acceptors (Lipinski definition) is 1. The topological polar surface area (TPSA) is 17.1 Å². The van der Waals surface area contributed by atoms with Gasteiger partial charge in [-0.3, -0.25) is 4.79 Å². The first kappa shape index (κ1) is 15.2. The van der Waals surface area contributed by atoms with Crippen LogP contribution >= 0.6 is 11.6 Å². The fraction of sp³-hybridized carbons (Fsp3) is 0.562. The normalized spacial score (nSPS) is 12.3. The number of carbonyl (C=O) groups is 1. The second-order valence-corrected chi connectivity index (χ2v) is 5.19. The Hall–Kier alpha value is -0.820. The van der Waals surface area contributed by atoms with Crippen LogP contribution in [0.5, 0.6) is 0 Å². The lowest BCUT2D eigenvalue weighted by Crippen LogP contribution is -2.06. The van der Waals surface area contributed by atoms with Crippen LogP contribution in [0.25, 0.3) is 0 Å². The summed E-state index contributed by atoms with van der Waals surface area (Å²) in [7, 11) is 0. The number of alkyl halides is 1. The van der Waals surface area contributed by atoms with Gasteiger partial charge in [-0.25, -0.2) is 0 Å². The minimum atomic E-state index is -0.471. The number of unbranched alkanes of at least 4 members (excludes halogenated alkanes) is 5. The summed E-state index contributed by atoms with van der Waals surface area (Å²) in [5, 5.41) is -0.471. The molecule has 0 aromatic heterocycles. The van der Waals surface area contributed by atoms with E-state index in [1.54, 1.807) is 0 Å². The van der Waals surface area contributed by atoms with Gasteiger partial charge in [0, 0.05) is 6.42 Å². The third-order valence-electron chi connectivity index (χ3n) is 3.15. The summed E-state index contributed by atoms with van der Waals surface area (Å²) in [4.78, 5) is 11.9. The zero-order valence-electron chi connectivity index (χ0n) is 11.2. The highest BCUT2D eigenvalue weighted by molar-refractivity contribution is 6.31. The highest BCUT2D eigenvalue weighted by Crippen LogP contribution is 2.23. The summed E-state index contributed by atoms with van der Waals surface area (Å²) in [6.07, 6.45) is 7.80. The second-order valence-electron chi connectivity index (χ2n) is 4.76. The molecule has 0 radical (unpaired) electrons. The van der Waals surface area contributed by atoms with E-state index in [0.717, 1.165) is 18.4 Å². The van der Waals surface area contributed by atoms with Gasteiger partial charge in [0.1, 0.15) is 5.38 Å². The number of ketones is 1. The molecule has 1 aromatic carbocycles. The fourth-order valence-corrected chi connectivity index (χ4v) is 2.27. The lowest BCUT2D eigenvalue weighted by atomic mass is 10.0. The Kier molecular flexibility index (Phi) is 7.75. The average Bonchev–Trinajstić information content (AvgIpc) is 2.42. The van der Waals surface area contributed by atoms with Gasteiger partial charge in [0.25, 0.3) is 0 Å². The van der Waals surface area contributed by atoms with Crippen molar-refractivity contribution >= 4 is 17.4 Å². The van der Waals surface area contributed by atoms with Crippen molar-refractivity contribution in [1.29, 1.82) is 0 Å². The molecule has 0 bridgehead atoms. The summed E-state index contributed by atoms with van der Waals surface area (Å²) < 4.78 is 0. The molecular weight excluding hydrogens is 244 g/mol. The Balaban J connectivity index is 2.20. The molecule has 2 heteroatoms. The van der Waals surface area contributed by atoms with Crippen LogP contribution in [0.3, 0.4) is 0 Å². The molecule has 1 rings (SSSR count). The first-order valence-corrected chi connectivity index (χ1v) is 7.41. The maximum Gasteiger partial charge on any atom is 0.155 e. The van der Waals surface area contributed by atoms with Crippen molar-refractivity contribution < 1.29 is 4.79 Å². The summed E-state index contributed by atoms with van der Waals surface area (Å²) in [5.74, 6) is 0.151. The molecule has 1 nitrogen and oxygen atoms in total.